The summed E-state index contributed by atoms with van der Waals surface area (Å²) in [5.74, 6) is -1.37. The number of piperidine rings is 1. The zero-order valence-electron chi connectivity index (χ0n) is 19.1. The van der Waals surface area contributed by atoms with Crippen molar-refractivity contribution < 1.29 is 18.7 Å². The lowest BCUT2D eigenvalue weighted by atomic mass is 9.93. The Labute approximate surface area is 200 Å². The van der Waals surface area contributed by atoms with Crippen molar-refractivity contribution in [1.29, 1.82) is 5.26 Å². The molecule has 184 valence electrons. The highest BCUT2D eigenvalue weighted by Crippen LogP contribution is 2.37. The predicted octanol–water partition coefficient (Wildman–Crippen LogP) is 0.915. The highest BCUT2D eigenvalue weighted by molar-refractivity contribution is 5.95. The van der Waals surface area contributed by atoms with E-state index in [1.165, 1.54) is 6.92 Å². The molecule has 13 heteroatoms. The Bertz CT molecular complexity index is 1160. The van der Waals surface area contributed by atoms with Gasteiger partial charge < -0.3 is 26.4 Å². The molecule has 2 amide bonds. The van der Waals surface area contributed by atoms with Gasteiger partial charge in [0.25, 0.3) is 11.8 Å². The van der Waals surface area contributed by atoms with Crippen LogP contribution in [0.25, 0.3) is 0 Å². The molecule has 5 N–H and O–H groups in total. The number of pyridine rings is 1. The Kier molecular flexibility index (Phi) is 6.90. The molecular formula is C22H26FN9O3. The van der Waals surface area contributed by atoms with Crippen molar-refractivity contribution in [2.75, 3.05) is 30.3 Å². The van der Waals surface area contributed by atoms with E-state index < -0.39 is 18.1 Å². The molecule has 1 unspecified atom stereocenters. The van der Waals surface area contributed by atoms with Gasteiger partial charge in [0.1, 0.15) is 0 Å². The summed E-state index contributed by atoms with van der Waals surface area (Å²) in [5, 5.41) is 11.1. The van der Waals surface area contributed by atoms with E-state index in [4.69, 9.17) is 21.5 Å². The van der Waals surface area contributed by atoms with Gasteiger partial charge in [-0.15, -0.1) is 0 Å². The standard InChI is InChI=1S/C22H26FN9O3/c1-11(23)27-20(34)19-29-21(31-22(30-19)35-10-14-8-13(14)9-24)32-6-4-12(5-7-32)16-3-2-15(25)17(28-16)18(26)33/h2-3,11-14H,4-8,10,25H2,1H3,(H2,26,33)(H,27,34)/t11?,13-,14+/m0/s1. The van der Waals surface area contributed by atoms with Crippen LogP contribution < -0.4 is 26.4 Å². The van der Waals surface area contributed by atoms with Gasteiger partial charge in [0, 0.05) is 30.6 Å². The van der Waals surface area contributed by atoms with Gasteiger partial charge in [0.2, 0.25) is 11.8 Å². The molecule has 2 aliphatic rings. The Morgan fingerprint density at radius 3 is 2.66 bits per heavy atom. The van der Waals surface area contributed by atoms with Crippen molar-refractivity contribution in [2.24, 2.45) is 17.6 Å². The van der Waals surface area contributed by atoms with Gasteiger partial charge in [0.15, 0.2) is 12.0 Å². The van der Waals surface area contributed by atoms with E-state index in [1.807, 2.05) is 4.90 Å². The van der Waals surface area contributed by atoms with Gasteiger partial charge in [-0.2, -0.15) is 20.2 Å². The van der Waals surface area contributed by atoms with Gasteiger partial charge in [-0.1, -0.05) is 0 Å². The Morgan fingerprint density at radius 2 is 2.03 bits per heavy atom. The zero-order valence-corrected chi connectivity index (χ0v) is 19.1. The molecule has 0 aromatic carbocycles. The van der Waals surface area contributed by atoms with Gasteiger partial charge in [-0.3, -0.25) is 9.59 Å². The average Bonchev–Trinajstić information content (AvgIpc) is 3.61. The second-order valence-electron chi connectivity index (χ2n) is 8.67. The number of amides is 2. The van der Waals surface area contributed by atoms with Crippen LogP contribution in [0, 0.1) is 23.2 Å². The third kappa shape index (κ3) is 5.71. The fourth-order valence-electron chi connectivity index (χ4n) is 3.96. The van der Waals surface area contributed by atoms with Crippen LogP contribution in [0.2, 0.25) is 0 Å². The Balaban J connectivity index is 1.49. The minimum Gasteiger partial charge on any atom is -0.463 e. The van der Waals surface area contributed by atoms with Gasteiger partial charge in [-0.05, 0) is 38.3 Å². The van der Waals surface area contributed by atoms with Crippen molar-refractivity contribution in [2.45, 2.75) is 38.4 Å². The van der Waals surface area contributed by atoms with E-state index in [-0.39, 0.29) is 53.5 Å². The molecule has 2 fully saturated rings. The van der Waals surface area contributed by atoms with Gasteiger partial charge in [0.05, 0.1) is 24.3 Å². The van der Waals surface area contributed by atoms with Crippen LogP contribution in [-0.2, 0) is 0 Å². The maximum absolute atomic E-state index is 13.3. The number of rotatable bonds is 8. The number of alkyl halides is 1. The fourth-order valence-corrected chi connectivity index (χ4v) is 3.96. The van der Waals surface area contributed by atoms with Crippen molar-refractivity contribution in [3.63, 3.8) is 0 Å². The number of carbonyl (C=O) groups is 2. The maximum atomic E-state index is 13.3. The van der Waals surface area contributed by atoms with E-state index in [9.17, 15) is 14.0 Å². The molecule has 2 aromatic rings. The summed E-state index contributed by atoms with van der Waals surface area (Å²) in [4.78, 5) is 42.8. The molecule has 1 aliphatic heterocycles. The summed E-state index contributed by atoms with van der Waals surface area (Å²) in [5.41, 5.74) is 12.2. The molecule has 35 heavy (non-hydrogen) atoms. The lowest BCUT2D eigenvalue weighted by molar-refractivity contribution is 0.0890. The summed E-state index contributed by atoms with van der Waals surface area (Å²) >= 11 is 0. The van der Waals surface area contributed by atoms with Crippen molar-refractivity contribution >= 4 is 23.5 Å². The minimum atomic E-state index is -1.58. The highest BCUT2D eigenvalue weighted by Gasteiger charge is 2.38. The van der Waals surface area contributed by atoms with Crippen LogP contribution >= 0.6 is 0 Å². The largest absolute Gasteiger partial charge is 0.463 e. The summed E-state index contributed by atoms with van der Waals surface area (Å²) in [6, 6.07) is 5.54. The molecule has 0 spiro atoms. The molecule has 1 aliphatic carbocycles. The van der Waals surface area contributed by atoms with E-state index >= 15 is 0 Å². The third-order valence-electron chi connectivity index (χ3n) is 6.03. The smallest absolute Gasteiger partial charge is 0.321 e. The molecule has 0 bridgehead atoms. The minimum absolute atomic E-state index is 0.0521. The number of nitrogens with zero attached hydrogens (tertiary/aromatic N) is 6. The topological polar surface area (TPSA) is 186 Å². The Morgan fingerprint density at radius 1 is 1.29 bits per heavy atom. The molecule has 12 nitrogen and oxygen atoms in total. The number of ether oxygens (including phenoxy) is 1. The molecule has 0 radical (unpaired) electrons. The van der Waals surface area contributed by atoms with E-state index in [0.29, 0.717) is 25.9 Å². The molecule has 4 rings (SSSR count). The number of anilines is 2. The van der Waals surface area contributed by atoms with Crippen LogP contribution in [0.5, 0.6) is 6.01 Å². The summed E-state index contributed by atoms with van der Waals surface area (Å²) in [6.07, 6.45) is 0.506. The fraction of sp³-hybridized carbons (Fsp3) is 0.500. The van der Waals surface area contributed by atoms with Gasteiger partial charge in [-0.25, -0.2) is 9.37 Å². The molecule has 1 saturated heterocycles. The summed E-state index contributed by atoms with van der Waals surface area (Å²) in [7, 11) is 0. The molecule has 2 aromatic heterocycles. The molecule has 1 saturated carbocycles. The quantitative estimate of drug-likeness (QED) is 0.456. The SMILES string of the molecule is CC(F)NC(=O)c1nc(OC[C@H]2C[C@H]2C#N)nc(N2CCC(c3ccc(N)c(C(N)=O)n3)CC2)n1. The van der Waals surface area contributed by atoms with E-state index in [2.05, 4.69) is 31.3 Å². The number of hydrogen-bond acceptors (Lipinski definition) is 10. The van der Waals surface area contributed by atoms with Crippen LogP contribution in [-0.4, -0.2) is 57.7 Å². The first-order valence-electron chi connectivity index (χ1n) is 11.3. The number of carbonyl (C=O) groups excluding carboxylic acids is 2. The van der Waals surface area contributed by atoms with Crippen molar-refractivity contribution in [3.8, 4) is 12.1 Å². The number of nitriles is 1. The first kappa shape index (κ1) is 24.1. The third-order valence-corrected chi connectivity index (χ3v) is 6.03. The lowest BCUT2D eigenvalue weighted by Gasteiger charge is -2.32. The van der Waals surface area contributed by atoms with Crippen molar-refractivity contribution in [1.82, 2.24) is 25.3 Å². The van der Waals surface area contributed by atoms with Crippen LogP contribution in [0.15, 0.2) is 12.1 Å². The predicted molar refractivity (Wildman–Crippen MR) is 122 cm³/mol. The molecule has 3 heterocycles. The monoisotopic (exact) mass is 483 g/mol. The molecule has 3 atom stereocenters. The number of aromatic nitrogens is 4. The maximum Gasteiger partial charge on any atom is 0.321 e. The number of nitrogen functional groups attached to an aromatic ring is 1. The van der Waals surface area contributed by atoms with Crippen LogP contribution in [0.1, 0.15) is 58.9 Å². The van der Waals surface area contributed by atoms with E-state index in [1.54, 1.807) is 12.1 Å². The summed E-state index contributed by atoms with van der Waals surface area (Å²) in [6.45, 7) is 2.50. The molecular weight excluding hydrogens is 457 g/mol. The number of hydrogen-bond donors (Lipinski definition) is 3. The van der Waals surface area contributed by atoms with E-state index in [0.717, 1.165) is 12.1 Å². The summed E-state index contributed by atoms with van der Waals surface area (Å²) < 4.78 is 19.0. The van der Waals surface area contributed by atoms with Gasteiger partial charge >= 0.3 is 6.01 Å². The van der Waals surface area contributed by atoms with Crippen LogP contribution in [0.4, 0.5) is 16.0 Å². The Hall–Kier alpha value is -4.08. The average molecular weight is 484 g/mol. The second kappa shape index (κ2) is 10.0. The van der Waals surface area contributed by atoms with Crippen molar-refractivity contribution in [3.05, 3.63) is 29.3 Å². The number of nitrogens with two attached hydrogens (primary N) is 2. The lowest BCUT2D eigenvalue weighted by Crippen LogP contribution is -2.36. The number of nitrogens with one attached hydrogen (secondary N) is 1. The second-order valence-corrected chi connectivity index (χ2v) is 8.67. The number of halogens is 1. The zero-order chi connectivity index (χ0) is 25.1. The highest BCUT2D eigenvalue weighted by atomic mass is 19.1. The first-order chi connectivity index (χ1) is 16.7. The normalized spacial score (nSPS) is 20.5. The van der Waals surface area contributed by atoms with Crippen LogP contribution in [0.3, 0.4) is 0 Å². The first-order valence-corrected chi connectivity index (χ1v) is 11.3. The number of primary amides is 1.